The van der Waals surface area contributed by atoms with Gasteiger partial charge in [0.2, 0.25) is 0 Å². The van der Waals surface area contributed by atoms with E-state index in [0.29, 0.717) is 0 Å². The molecule has 2 saturated carbocycles. The Hall–Kier alpha value is -4.76. The van der Waals surface area contributed by atoms with E-state index in [1.165, 1.54) is 57.2 Å². The van der Waals surface area contributed by atoms with Crippen LogP contribution in [0.1, 0.15) is 62.3 Å². The Labute approximate surface area is 299 Å². The van der Waals surface area contributed by atoms with Crippen molar-refractivity contribution < 1.29 is 67.8 Å². The summed E-state index contributed by atoms with van der Waals surface area (Å²) in [7, 11) is 0. The molecular formula is C38H42O14. The third-order valence-electron chi connectivity index (χ3n) is 10.2. The molecule has 14 nitrogen and oxygen atoms in total. The molecule has 5 rings (SSSR count). The molecule has 0 amide bonds. The summed E-state index contributed by atoms with van der Waals surface area (Å²) in [6, 6.07) is 15.0. The number of aliphatic hydroxyl groups excluding tert-OH is 1. The number of hydrogen-bond donors (Lipinski definition) is 3. The first-order valence-electron chi connectivity index (χ1n) is 16.7. The van der Waals surface area contributed by atoms with E-state index in [2.05, 4.69) is 6.58 Å². The first-order chi connectivity index (χ1) is 24.3. The van der Waals surface area contributed by atoms with Gasteiger partial charge in [0, 0.05) is 25.3 Å². The number of Topliss-reactive ketones (excluding diaryl/α,β-unsaturated/α-hetero) is 2. The van der Waals surface area contributed by atoms with Gasteiger partial charge in [-0.05, 0) is 31.2 Å². The Balaban J connectivity index is 1.80. The Kier molecular flexibility index (Phi) is 10.4. The number of epoxide rings is 1. The molecule has 0 radical (unpaired) electrons. The summed E-state index contributed by atoms with van der Waals surface area (Å²) in [5, 5.41) is 36.7. The number of aliphatic hydroxyl groups is 3. The molecule has 14 heteroatoms. The van der Waals surface area contributed by atoms with E-state index in [9.17, 15) is 44.1 Å². The predicted molar refractivity (Wildman–Crippen MR) is 178 cm³/mol. The Bertz CT molecular complexity index is 1770. The minimum atomic E-state index is -3.04. The van der Waals surface area contributed by atoms with Crippen molar-refractivity contribution in [2.75, 3.05) is 0 Å². The van der Waals surface area contributed by atoms with Crippen molar-refractivity contribution in [3.8, 4) is 0 Å². The molecule has 1 heterocycles. The Morgan fingerprint density at radius 1 is 0.750 bits per heavy atom. The molecule has 2 aromatic carbocycles. The number of benzene rings is 2. The van der Waals surface area contributed by atoms with Crippen molar-refractivity contribution in [1.82, 2.24) is 0 Å². The van der Waals surface area contributed by atoms with E-state index >= 15 is 0 Å². The monoisotopic (exact) mass is 722 g/mol. The zero-order valence-electron chi connectivity index (χ0n) is 29.5. The van der Waals surface area contributed by atoms with Crippen LogP contribution in [0.4, 0.5) is 0 Å². The second kappa shape index (κ2) is 14.0. The van der Waals surface area contributed by atoms with Crippen LogP contribution in [-0.2, 0) is 42.9 Å². The van der Waals surface area contributed by atoms with Gasteiger partial charge in [0.25, 0.3) is 0 Å². The largest absolute Gasteiger partial charge is 0.459 e. The molecule has 1 saturated heterocycles. The average molecular weight is 723 g/mol. The van der Waals surface area contributed by atoms with Gasteiger partial charge in [-0.2, -0.15) is 0 Å². The lowest BCUT2D eigenvalue weighted by Gasteiger charge is -2.41. The highest BCUT2D eigenvalue weighted by Crippen LogP contribution is 2.54. The Morgan fingerprint density at radius 3 is 1.71 bits per heavy atom. The lowest BCUT2D eigenvalue weighted by atomic mass is 9.70. The van der Waals surface area contributed by atoms with Gasteiger partial charge in [-0.25, -0.2) is 9.59 Å². The van der Waals surface area contributed by atoms with E-state index in [1.807, 2.05) is 0 Å². The summed E-state index contributed by atoms with van der Waals surface area (Å²) in [6.45, 7) is 11.3. The van der Waals surface area contributed by atoms with Gasteiger partial charge in [0.15, 0.2) is 35.5 Å². The fourth-order valence-corrected chi connectivity index (χ4v) is 7.45. The minimum absolute atomic E-state index is 0.000709. The molecule has 0 aromatic heterocycles. The SMILES string of the molecule is C=C1[C@@H](OC(=O)c2ccccc2)[C@@H](O)C(=O)C(C)(C)[C@@H]2O[C@@H]2[C@H](C)C(=O)[C@]2(O)[C@H]([C@@H](OC(C)=O)[C@](C)(O)[C@H]2OC(C)=O)[C@H]1OC(=O)c1ccccc1. The van der Waals surface area contributed by atoms with Gasteiger partial charge >= 0.3 is 23.9 Å². The number of fused-ring (bicyclic) bond motifs is 2. The van der Waals surface area contributed by atoms with E-state index in [1.54, 1.807) is 24.3 Å². The lowest BCUT2D eigenvalue weighted by molar-refractivity contribution is -0.193. The molecule has 2 aromatic rings. The standard InChI is InChI=1S/C38H42O14/c1-18-26(51-33(44)22-14-10-8-11-15-22)24-31(48-20(3)39)37(7,46)35(49-21(4)40)38(24,47)29(42)19(2)28-32(50-28)36(5,6)30(43)25(41)27(18)52-34(45)23-16-12-9-13-17-23/h8-17,19,24-28,31-32,35,41,46-47H,1H2,2-7H3/t19-,24-,25+,26-,27+,28+,31+,32+,35+,37-,38+/m0/s1. The third-order valence-corrected chi connectivity index (χ3v) is 10.2. The number of ketones is 2. The van der Waals surface area contributed by atoms with Gasteiger partial charge in [-0.1, -0.05) is 63.7 Å². The number of esters is 4. The second-order valence-electron chi connectivity index (χ2n) is 14.3. The van der Waals surface area contributed by atoms with Crippen molar-refractivity contribution in [1.29, 1.82) is 0 Å². The van der Waals surface area contributed by atoms with Crippen LogP contribution in [0.15, 0.2) is 72.8 Å². The maximum Gasteiger partial charge on any atom is 0.338 e. The summed E-state index contributed by atoms with van der Waals surface area (Å²) >= 11 is 0. The highest BCUT2D eigenvalue weighted by molar-refractivity contribution is 5.95. The number of carbonyl (C=O) groups excluding carboxylic acids is 6. The van der Waals surface area contributed by atoms with Gasteiger partial charge in [0.1, 0.15) is 17.8 Å². The molecule has 11 atom stereocenters. The topological polar surface area (TPSA) is 213 Å². The highest BCUT2D eigenvalue weighted by Gasteiger charge is 2.76. The van der Waals surface area contributed by atoms with Gasteiger partial charge in [-0.3, -0.25) is 19.2 Å². The smallest absolute Gasteiger partial charge is 0.338 e. The first-order valence-corrected chi connectivity index (χ1v) is 16.7. The van der Waals surface area contributed by atoms with Gasteiger partial charge in [-0.15, -0.1) is 0 Å². The minimum Gasteiger partial charge on any atom is -0.459 e. The van der Waals surface area contributed by atoms with Crippen molar-refractivity contribution >= 4 is 35.4 Å². The van der Waals surface area contributed by atoms with E-state index in [-0.39, 0.29) is 11.1 Å². The van der Waals surface area contributed by atoms with Crippen LogP contribution in [0.3, 0.4) is 0 Å². The normalized spacial score (nSPS) is 35.5. The summed E-state index contributed by atoms with van der Waals surface area (Å²) < 4.78 is 28.6. The van der Waals surface area contributed by atoms with E-state index in [0.717, 1.165) is 20.8 Å². The van der Waals surface area contributed by atoms with Crippen molar-refractivity contribution in [2.24, 2.45) is 17.3 Å². The highest BCUT2D eigenvalue weighted by atomic mass is 16.6. The number of ether oxygens (including phenoxy) is 5. The number of rotatable bonds is 6. The lowest BCUT2D eigenvalue weighted by Crippen LogP contribution is -2.62. The maximum absolute atomic E-state index is 14.8. The van der Waals surface area contributed by atoms with Gasteiger partial charge < -0.3 is 39.0 Å². The average Bonchev–Trinajstić information content (AvgIpc) is 3.90. The zero-order chi connectivity index (χ0) is 38.5. The Morgan fingerprint density at radius 2 is 1.23 bits per heavy atom. The van der Waals surface area contributed by atoms with E-state index < -0.39 is 112 Å². The summed E-state index contributed by atoms with van der Waals surface area (Å²) in [6.07, 6.45) is -12.5. The summed E-state index contributed by atoms with van der Waals surface area (Å²) in [5.74, 6) is -9.49. The van der Waals surface area contributed by atoms with Crippen LogP contribution in [0.25, 0.3) is 0 Å². The molecule has 0 bridgehead atoms. The molecule has 3 N–H and O–H groups in total. The van der Waals surface area contributed by atoms with Crippen LogP contribution in [0, 0.1) is 17.3 Å². The van der Waals surface area contributed by atoms with Gasteiger partial charge in [0.05, 0.1) is 34.7 Å². The molecular weight excluding hydrogens is 680 g/mol. The van der Waals surface area contributed by atoms with Crippen LogP contribution in [0.2, 0.25) is 0 Å². The number of carbonyl (C=O) groups is 6. The summed E-state index contributed by atoms with van der Waals surface area (Å²) in [4.78, 5) is 81.5. The molecule has 3 fully saturated rings. The molecule has 3 aliphatic rings. The van der Waals surface area contributed by atoms with Crippen LogP contribution in [-0.4, -0.2) is 105 Å². The molecule has 0 unspecified atom stereocenters. The molecule has 0 spiro atoms. The van der Waals surface area contributed by atoms with Crippen molar-refractivity contribution in [3.05, 3.63) is 83.9 Å². The maximum atomic E-state index is 14.8. The van der Waals surface area contributed by atoms with Crippen LogP contribution < -0.4 is 0 Å². The predicted octanol–water partition coefficient (Wildman–Crippen LogP) is 1.91. The quantitative estimate of drug-likeness (QED) is 0.168. The third kappa shape index (κ3) is 6.67. The van der Waals surface area contributed by atoms with Crippen molar-refractivity contribution in [3.63, 3.8) is 0 Å². The first kappa shape index (κ1) is 38.5. The van der Waals surface area contributed by atoms with Crippen LogP contribution in [0.5, 0.6) is 0 Å². The fraction of sp³-hybridized carbons (Fsp3) is 0.474. The molecule has 52 heavy (non-hydrogen) atoms. The fourth-order valence-electron chi connectivity index (χ4n) is 7.45. The zero-order valence-corrected chi connectivity index (χ0v) is 29.5. The summed E-state index contributed by atoms with van der Waals surface area (Å²) in [5.41, 5.74) is -7.72. The van der Waals surface area contributed by atoms with Crippen LogP contribution >= 0.6 is 0 Å². The molecule has 1 aliphatic heterocycles. The molecule has 2 aliphatic carbocycles. The second-order valence-corrected chi connectivity index (χ2v) is 14.3. The van der Waals surface area contributed by atoms with E-state index in [4.69, 9.17) is 23.7 Å². The molecule has 278 valence electrons. The van der Waals surface area contributed by atoms with Crippen molar-refractivity contribution in [2.45, 2.75) is 95.5 Å². The number of hydrogen-bond acceptors (Lipinski definition) is 14.